The Morgan fingerprint density at radius 2 is 2.39 bits per heavy atom. The van der Waals surface area contributed by atoms with Gasteiger partial charge in [0.05, 0.1) is 12.5 Å². The van der Waals surface area contributed by atoms with E-state index in [4.69, 9.17) is 9.15 Å². The van der Waals surface area contributed by atoms with Crippen molar-refractivity contribution in [3.05, 3.63) is 24.2 Å². The molecule has 0 amide bonds. The lowest BCUT2D eigenvalue weighted by atomic mass is 9.81. The predicted molar refractivity (Wildman–Crippen MR) is 72.6 cm³/mol. The van der Waals surface area contributed by atoms with E-state index in [0.29, 0.717) is 17.9 Å². The number of rotatable bonds is 6. The number of hydrogen-bond acceptors (Lipinski definition) is 3. The normalized spacial score (nSPS) is 26.1. The van der Waals surface area contributed by atoms with Gasteiger partial charge in [-0.25, -0.2) is 0 Å². The molecule has 102 valence electrons. The maximum absolute atomic E-state index is 5.56. The van der Waals surface area contributed by atoms with E-state index in [1.54, 1.807) is 6.26 Å². The fraction of sp³-hybridized carbons (Fsp3) is 0.733. The number of hydrogen-bond donors (Lipinski definition) is 1. The van der Waals surface area contributed by atoms with Crippen molar-refractivity contribution in [1.82, 2.24) is 5.32 Å². The van der Waals surface area contributed by atoms with Crippen molar-refractivity contribution >= 4 is 0 Å². The molecule has 0 saturated carbocycles. The van der Waals surface area contributed by atoms with E-state index < -0.39 is 0 Å². The van der Waals surface area contributed by atoms with Gasteiger partial charge >= 0.3 is 0 Å². The number of nitrogens with one attached hydrogen (secondary N) is 1. The minimum absolute atomic E-state index is 0.543. The Kier molecular flexibility index (Phi) is 5.26. The second-order valence-corrected chi connectivity index (χ2v) is 5.40. The van der Waals surface area contributed by atoms with Gasteiger partial charge in [0.2, 0.25) is 0 Å². The summed E-state index contributed by atoms with van der Waals surface area (Å²) in [5.41, 5.74) is 1.29. The molecule has 0 aromatic carbocycles. The smallest absolute Gasteiger partial charge is 0.0935 e. The Bertz CT molecular complexity index is 323. The summed E-state index contributed by atoms with van der Waals surface area (Å²) in [7, 11) is 0. The average molecular weight is 251 g/mol. The molecular formula is C15H25NO2. The topological polar surface area (TPSA) is 34.4 Å². The highest BCUT2D eigenvalue weighted by Crippen LogP contribution is 2.26. The predicted octanol–water partition coefficient (Wildman–Crippen LogP) is 2.86. The van der Waals surface area contributed by atoms with Crippen LogP contribution in [-0.4, -0.2) is 25.8 Å². The Morgan fingerprint density at radius 1 is 1.50 bits per heavy atom. The molecule has 1 aromatic rings. The van der Waals surface area contributed by atoms with E-state index in [1.807, 2.05) is 6.26 Å². The van der Waals surface area contributed by atoms with Crippen LogP contribution >= 0.6 is 0 Å². The number of furan rings is 1. The molecule has 3 heteroatoms. The van der Waals surface area contributed by atoms with Crippen molar-refractivity contribution in [3.8, 4) is 0 Å². The highest BCUT2D eigenvalue weighted by molar-refractivity contribution is 5.08. The Balaban J connectivity index is 1.98. The molecule has 0 radical (unpaired) electrons. The molecule has 18 heavy (non-hydrogen) atoms. The lowest BCUT2D eigenvalue weighted by Gasteiger charge is -2.35. The monoisotopic (exact) mass is 251 g/mol. The van der Waals surface area contributed by atoms with Gasteiger partial charge in [0.1, 0.15) is 0 Å². The maximum atomic E-state index is 5.56. The van der Waals surface area contributed by atoms with E-state index in [0.717, 1.165) is 26.2 Å². The minimum Gasteiger partial charge on any atom is -0.472 e. The van der Waals surface area contributed by atoms with Crippen LogP contribution in [0, 0.1) is 11.8 Å². The van der Waals surface area contributed by atoms with Crippen LogP contribution < -0.4 is 5.32 Å². The zero-order chi connectivity index (χ0) is 12.8. The zero-order valence-electron chi connectivity index (χ0n) is 11.5. The first-order chi connectivity index (χ1) is 8.81. The van der Waals surface area contributed by atoms with Crippen molar-refractivity contribution in [2.75, 3.05) is 19.8 Å². The quantitative estimate of drug-likeness (QED) is 0.844. The van der Waals surface area contributed by atoms with E-state index in [2.05, 4.69) is 25.2 Å². The van der Waals surface area contributed by atoms with Crippen LogP contribution in [0.2, 0.25) is 0 Å². The van der Waals surface area contributed by atoms with Gasteiger partial charge in [-0.05, 0) is 49.3 Å². The highest BCUT2D eigenvalue weighted by Gasteiger charge is 2.29. The molecule has 0 aliphatic carbocycles. The molecule has 2 rings (SSSR count). The molecule has 2 heterocycles. The van der Waals surface area contributed by atoms with Gasteiger partial charge < -0.3 is 14.5 Å². The fourth-order valence-corrected chi connectivity index (χ4v) is 2.86. The molecule has 0 spiro atoms. The lowest BCUT2D eigenvalue weighted by Crippen LogP contribution is -2.44. The molecule has 1 aromatic heterocycles. The molecule has 1 fully saturated rings. The van der Waals surface area contributed by atoms with Gasteiger partial charge in [-0.3, -0.25) is 0 Å². The van der Waals surface area contributed by atoms with Crippen LogP contribution in [0.5, 0.6) is 0 Å². The van der Waals surface area contributed by atoms with Gasteiger partial charge in [-0.15, -0.1) is 0 Å². The average Bonchev–Trinajstić information content (AvgIpc) is 2.88. The summed E-state index contributed by atoms with van der Waals surface area (Å²) < 4.78 is 10.7. The second kappa shape index (κ2) is 6.95. The van der Waals surface area contributed by atoms with Crippen LogP contribution in [0.4, 0.5) is 0 Å². The van der Waals surface area contributed by atoms with E-state index in [-0.39, 0.29) is 0 Å². The summed E-state index contributed by atoms with van der Waals surface area (Å²) >= 11 is 0. The van der Waals surface area contributed by atoms with Crippen molar-refractivity contribution in [3.63, 3.8) is 0 Å². The summed E-state index contributed by atoms with van der Waals surface area (Å²) in [6.07, 6.45) is 7.04. The molecule has 3 atom stereocenters. The van der Waals surface area contributed by atoms with Crippen molar-refractivity contribution in [1.29, 1.82) is 0 Å². The van der Waals surface area contributed by atoms with Crippen LogP contribution in [0.3, 0.4) is 0 Å². The van der Waals surface area contributed by atoms with Crippen molar-refractivity contribution < 1.29 is 9.15 Å². The first-order valence-corrected chi connectivity index (χ1v) is 7.13. The molecular weight excluding hydrogens is 226 g/mol. The zero-order valence-corrected chi connectivity index (χ0v) is 11.5. The second-order valence-electron chi connectivity index (χ2n) is 5.40. The van der Waals surface area contributed by atoms with E-state index in [1.165, 1.54) is 18.4 Å². The fourth-order valence-electron chi connectivity index (χ4n) is 2.86. The summed E-state index contributed by atoms with van der Waals surface area (Å²) in [5.74, 6) is 1.35. The lowest BCUT2D eigenvalue weighted by molar-refractivity contribution is 0.0109. The summed E-state index contributed by atoms with van der Waals surface area (Å²) in [4.78, 5) is 0. The third-order valence-electron chi connectivity index (χ3n) is 3.92. The van der Waals surface area contributed by atoms with E-state index >= 15 is 0 Å². The highest BCUT2D eigenvalue weighted by atomic mass is 16.5. The third kappa shape index (κ3) is 3.59. The first-order valence-electron chi connectivity index (χ1n) is 7.13. The molecule has 1 N–H and O–H groups in total. The summed E-state index contributed by atoms with van der Waals surface area (Å²) in [5, 5.41) is 3.71. The molecule has 1 aliphatic heterocycles. The minimum atomic E-state index is 0.543. The Morgan fingerprint density at radius 3 is 3.06 bits per heavy atom. The Hall–Kier alpha value is -0.800. The Labute approximate surface area is 110 Å². The van der Waals surface area contributed by atoms with Gasteiger partial charge in [-0.1, -0.05) is 13.8 Å². The SMILES string of the molecule is CCCNC(Cc1ccoc1)C1CCOCC1C. The molecule has 0 bridgehead atoms. The number of ether oxygens (including phenoxy) is 1. The van der Waals surface area contributed by atoms with Gasteiger partial charge in [0.25, 0.3) is 0 Å². The standard InChI is InChI=1S/C15H25NO2/c1-3-6-16-15(9-13-4-7-18-11-13)14-5-8-17-10-12(14)2/h4,7,11-12,14-16H,3,5-6,8-10H2,1-2H3. The van der Waals surface area contributed by atoms with E-state index in [9.17, 15) is 0 Å². The third-order valence-corrected chi connectivity index (χ3v) is 3.92. The molecule has 3 unspecified atom stereocenters. The van der Waals surface area contributed by atoms with Crippen LogP contribution in [0.1, 0.15) is 32.3 Å². The summed E-state index contributed by atoms with van der Waals surface area (Å²) in [6, 6.07) is 2.62. The molecule has 3 nitrogen and oxygen atoms in total. The first kappa shape index (κ1) is 13.6. The van der Waals surface area contributed by atoms with Crippen LogP contribution in [0.25, 0.3) is 0 Å². The van der Waals surface area contributed by atoms with Gasteiger partial charge in [-0.2, -0.15) is 0 Å². The van der Waals surface area contributed by atoms with Crippen LogP contribution in [0.15, 0.2) is 23.0 Å². The van der Waals surface area contributed by atoms with Crippen molar-refractivity contribution in [2.45, 2.75) is 39.2 Å². The molecule has 1 saturated heterocycles. The largest absolute Gasteiger partial charge is 0.472 e. The molecule has 1 aliphatic rings. The maximum Gasteiger partial charge on any atom is 0.0935 e. The van der Waals surface area contributed by atoms with Gasteiger partial charge in [0, 0.05) is 19.3 Å². The van der Waals surface area contributed by atoms with Crippen molar-refractivity contribution in [2.24, 2.45) is 11.8 Å². The van der Waals surface area contributed by atoms with Gasteiger partial charge in [0.15, 0.2) is 0 Å². The van der Waals surface area contributed by atoms with Crippen LogP contribution in [-0.2, 0) is 11.2 Å². The summed E-state index contributed by atoms with van der Waals surface area (Å²) in [6.45, 7) is 7.42.